The minimum absolute atomic E-state index is 0.270. The molecule has 1 unspecified atom stereocenters. The molecule has 4 aromatic rings. The molecule has 0 fully saturated rings. The van der Waals surface area contributed by atoms with Crippen molar-refractivity contribution < 1.29 is 0 Å². The van der Waals surface area contributed by atoms with Crippen LogP contribution < -0.4 is 5.32 Å². The van der Waals surface area contributed by atoms with E-state index in [-0.39, 0.29) is 11.5 Å². The van der Waals surface area contributed by atoms with Crippen LogP contribution in [0.5, 0.6) is 0 Å². The molecule has 0 heterocycles. The minimum atomic E-state index is -0.289. The zero-order chi connectivity index (χ0) is 21.4. The van der Waals surface area contributed by atoms with Crippen LogP contribution in [0.4, 0.5) is 5.69 Å². The van der Waals surface area contributed by atoms with E-state index in [0.29, 0.717) is 0 Å². The summed E-state index contributed by atoms with van der Waals surface area (Å²) in [7, 11) is 0. The van der Waals surface area contributed by atoms with E-state index in [0.717, 1.165) is 12.1 Å². The van der Waals surface area contributed by atoms with Gasteiger partial charge in [0.2, 0.25) is 0 Å². The molecule has 6 rings (SSSR count). The SMILES string of the molecule is C1=CC(Nc2ccccc2)CC2=C1C(c1ccccc1)(c1ccccc1)c1ccccc12. The molecule has 0 radical (unpaired) electrons. The summed E-state index contributed by atoms with van der Waals surface area (Å²) in [5.41, 5.74) is 9.13. The quantitative estimate of drug-likeness (QED) is 0.373. The third-order valence-corrected chi connectivity index (χ3v) is 6.84. The molecule has 154 valence electrons. The molecule has 0 saturated heterocycles. The molecule has 2 aliphatic carbocycles. The predicted molar refractivity (Wildman–Crippen MR) is 134 cm³/mol. The fourth-order valence-electron chi connectivity index (χ4n) is 5.55. The van der Waals surface area contributed by atoms with Crippen molar-refractivity contribution in [3.63, 3.8) is 0 Å². The van der Waals surface area contributed by atoms with Crippen LogP contribution in [-0.4, -0.2) is 6.04 Å². The van der Waals surface area contributed by atoms with E-state index in [9.17, 15) is 0 Å². The van der Waals surface area contributed by atoms with E-state index in [2.05, 4.69) is 133 Å². The summed E-state index contributed by atoms with van der Waals surface area (Å²) in [6.45, 7) is 0. The van der Waals surface area contributed by atoms with Crippen molar-refractivity contribution in [3.8, 4) is 0 Å². The third kappa shape index (κ3) is 2.85. The van der Waals surface area contributed by atoms with E-state index in [1.807, 2.05) is 0 Å². The average molecular weight is 412 g/mol. The Kier molecular flexibility index (Phi) is 4.54. The summed E-state index contributed by atoms with van der Waals surface area (Å²) in [5.74, 6) is 0. The Morgan fingerprint density at radius 2 is 1.19 bits per heavy atom. The van der Waals surface area contributed by atoms with Crippen molar-refractivity contribution in [2.45, 2.75) is 17.9 Å². The standard InChI is InChI=1S/C31H25N/c1-4-12-23(13-5-1)31(24-14-6-2-7-15-24)29-19-11-10-18-27(29)28-22-26(20-21-30(28)31)32-25-16-8-3-9-17-25/h1-21,26,32H,22H2. The summed E-state index contributed by atoms with van der Waals surface area (Å²) in [5, 5.41) is 3.71. The molecule has 0 amide bonds. The number of rotatable bonds is 4. The number of para-hydroxylation sites is 1. The van der Waals surface area contributed by atoms with Crippen LogP contribution in [0.2, 0.25) is 0 Å². The van der Waals surface area contributed by atoms with E-state index in [4.69, 9.17) is 0 Å². The topological polar surface area (TPSA) is 12.0 Å². The van der Waals surface area contributed by atoms with Crippen molar-refractivity contribution in [3.05, 3.63) is 155 Å². The van der Waals surface area contributed by atoms with E-state index in [1.54, 1.807) is 0 Å². The number of hydrogen-bond donors (Lipinski definition) is 1. The molecule has 0 spiro atoms. The van der Waals surface area contributed by atoms with Gasteiger partial charge in [-0.05, 0) is 52.0 Å². The molecule has 0 bridgehead atoms. The monoisotopic (exact) mass is 411 g/mol. The lowest BCUT2D eigenvalue weighted by Crippen LogP contribution is -2.30. The van der Waals surface area contributed by atoms with Crippen molar-refractivity contribution in [2.24, 2.45) is 0 Å². The molecule has 4 aromatic carbocycles. The molecule has 0 saturated carbocycles. The molecule has 0 aromatic heterocycles. The lowest BCUT2D eigenvalue weighted by Gasteiger charge is -2.36. The first-order valence-electron chi connectivity index (χ1n) is 11.3. The van der Waals surface area contributed by atoms with Crippen molar-refractivity contribution in [2.75, 3.05) is 5.32 Å². The lowest BCUT2D eigenvalue weighted by atomic mass is 9.66. The Balaban J connectivity index is 1.54. The summed E-state index contributed by atoms with van der Waals surface area (Å²) in [6.07, 6.45) is 5.69. The third-order valence-electron chi connectivity index (χ3n) is 6.84. The van der Waals surface area contributed by atoms with Gasteiger partial charge in [0, 0.05) is 11.7 Å². The van der Waals surface area contributed by atoms with Crippen LogP contribution in [0.15, 0.2) is 133 Å². The second-order valence-corrected chi connectivity index (χ2v) is 8.60. The van der Waals surface area contributed by atoms with Gasteiger partial charge in [-0.25, -0.2) is 0 Å². The van der Waals surface area contributed by atoms with Gasteiger partial charge in [0.15, 0.2) is 0 Å². The van der Waals surface area contributed by atoms with Crippen LogP contribution in [0.1, 0.15) is 28.7 Å². The minimum Gasteiger partial charge on any atom is -0.378 e. The number of hydrogen-bond acceptors (Lipinski definition) is 1. The Morgan fingerprint density at radius 1 is 0.625 bits per heavy atom. The summed E-state index contributed by atoms with van der Waals surface area (Å²) in [4.78, 5) is 0. The van der Waals surface area contributed by atoms with Gasteiger partial charge in [-0.1, -0.05) is 115 Å². The summed E-state index contributed by atoms with van der Waals surface area (Å²) in [6, 6.07) is 41.7. The van der Waals surface area contributed by atoms with Crippen LogP contribution >= 0.6 is 0 Å². The number of benzene rings is 4. The first-order valence-corrected chi connectivity index (χ1v) is 11.3. The number of fused-ring (bicyclic) bond motifs is 2. The van der Waals surface area contributed by atoms with Gasteiger partial charge in [-0.3, -0.25) is 0 Å². The zero-order valence-electron chi connectivity index (χ0n) is 17.9. The Bertz CT molecular complexity index is 1260. The maximum absolute atomic E-state index is 3.71. The molecule has 32 heavy (non-hydrogen) atoms. The average Bonchev–Trinajstić information content (AvgIpc) is 3.16. The molecule has 1 nitrogen and oxygen atoms in total. The van der Waals surface area contributed by atoms with E-state index in [1.165, 1.54) is 33.4 Å². The second-order valence-electron chi connectivity index (χ2n) is 8.60. The lowest BCUT2D eigenvalue weighted by molar-refractivity contribution is 0.752. The number of allylic oxidation sites excluding steroid dienone is 2. The van der Waals surface area contributed by atoms with Crippen LogP contribution in [0.25, 0.3) is 5.57 Å². The maximum Gasteiger partial charge on any atom is 0.0710 e. The molecule has 0 aliphatic heterocycles. The maximum atomic E-state index is 3.71. The van der Waals surface area contributed by atoms with Gasteiger partial charge in [0.05, 0.1) is 5.41 Å². The first kappa shape index (κ1) is 18.9. The smallest absolute Gasteiger partial charge is 0.0710 e. The van der Waals surface area contributed by atoms with Crippen LogP contribution in [0, 0.1) is 0 Å². The van der Waals surface area contributed by atoms with E-state index < -0.39 is 0 Å². The fourth-order valence-corrected chi connectivity index (χ4v) is 5.55. The molecule has 1 N–H and O–H groups in total. The molecular weight excluding hydrogens is 386 g/mol. The van der Waals surface area contributed by atoms with Gasteiger partial charge in [0.1, 0.15) is 0 Å². The van der Waals surface area contributed by atoms with Gasteiger partial charge < -0.3 is 5.32 Å². The highest BCUT2D eigenvalue weighted by Gasteiger charge is 2.47. The number of anilines is 1. The highest BCUT2D eigenvalue weighted by Crippen LogP contribution is 2.56. The van der Waals surface area contributed by atoms with Gasteiger partial charge in [-0.15, -0.1) is 0 Å². The second kappa shape index (κ2) is 7.69. The largest absolute Gasteiger partial charge is 0.378 e. The number of nitrogens with one attached hydrogen (secondary N) is 1. The normalized spacial score (nSPS) is 18.2. The van der Waals surface area contributed by atoms with E-state index >= 15 is 0 Å². The molecule has 1 heteroatoms. The van der Waals surface area contributed by atoms with Crippen molar-refractivity contribution >= 4 is 11.3 Å². The highest BCUT2D eigenvalue weighted by atomic mass is 14.9. The molecule has 1 atom stereocenters. The first-order chi connectivity index (χ1) is 15.9. The molecule has 2 aliphatic rings. The van der Waals surface area contributed by atoms with Gasteiger partial charge >= 0.3 is 0 Å². The van der Waals surface area contributed by atoms with Crippen LogP contribution in [-0.2, 0) is 5.41 Å². The summed E-state index contributed by atoms with van der Waals surface area (Å²) >= 11 is 0. The Labute approximate surface area is 189 Å². The zero-order valence-corrected chi connectivity index (χ0v) is 17.9. The summed E-state index contributed by atoms with van der Waals surface area (Å²) < 4.78 is 0. The highest BCUT2D eigenvalue weighted by molar-refractivity contribution is 5.88. The Morgan fingerprint density at radius 3 is 1.84 bits per heavy atom. The molecular formula is C31H25N. The van der Waals surface area contributed by atoms with Crippen molar-refractivity contribution in [1.82, 2.24) is 0 Å². The van der Waals surface area contributed by atoms with Gasteiger partial charge in [-0.2, -0.15) is 0 Å². The van der Waals surface area contributed by atoms with Gasteiger partial charge in [0.25, 0.3) is 0 Å². The van der Waals surface area contributed by atoms with Crippen LogP contribution in [0.3, 0.4) is 0 Å². The fraction of sp³-hybridized carbons (Fsp3) is 0.0968. The van der Waals surface area contributed by atoms with Crippen molar-refractivity contribution in [1.29, 1.82) is 0 Å². The predicted octanol–water partition coefficient (Wildman–Crippen LogP) is 7.23. The Hall–Kier alpha value is -3.84.